The van der Waals surface area contributed by atoms with E-state index in [0.717, 1.165) is 25.4 Å². The molecule has 0 aromatic heterocycles. The fraction of sp³-hybridized carbons (Fsp3) is 0.833. The number of likely N-dealkylation sites (tertiary alicyclic amines) is 1. The van der Waals surface area contributed by atoms with Crippen LogP contribution in [0.1, 0.15) is 32.1 Å². The highest BCUT2D eigenvalue weighted by Gasteiger charge is 2.16. The highest BCUT2D eigenvalue weighted by Crippen LogP contribution is 2.17. The Morgan fingerprint density at radius 3 is 3.12 bits per heavy atom. The summed E-state index contributed by atoms with van der Waals surface area (Å²) in [5.74, 6) is 0.723. The summed E-state index contributed by atoms with van der Waals surface area (Å²) in [5.41, 5.74) is 0. The highest BCUT2D eigenvalue weighted by atomic mass is 16.1. The van der Waals surface area contributed by atoms with Gasteiger partial charge in [-0.2, -0.15) is 5.26 Å². The van der Waals surface area contributed by atoms with E-state index >= 15 is 0 Å². The Labute approximate surface area is 97.6 Å². The summed E-state index contributed by atoms with van der Waals surface area (Å²) in [6, 6.07) is 1.98. The lowest BCUT2D eigenvalue weighted by atomic mass is 9.95. The first-order valence-corrected chi connectivity index (χ1v) is 6.04. The van der Waals surface area contributed by atoms with Crippen LogP contribution in [0.25, 0.3) is 0 Å². The number of hydrogen-bond donors (Lipinski definition) is 1. The first kappa shape index (κ1) is 13.0. The number of nitrogens with zero attached hydrogens (tertiary/aromatic N) is 2. The van der Waals surface area contributed by atoms with Crippen molar-refractivity contribution in [3.63, 3.8) is 0 Å². The fourth-order valence-corrected chi connectivity index (χ4v) is 2.18. The molecule has 1 unspecified atom stereocenters. The van der Waals surface area contributed by atoms with Crippen molar-refractivity contribution < 1.29 is 4.79 Å². The van der Waals surface area contributed by atoms with E-state index in [1.54, 1.807) is 0 Å². The summed E-state index contributed by atoms with van der Waals surface area (Å²) in [6.07, 6.45) is 4.25. The second-order valence-corrected chi connectivity index (χ2v) is 4.57. The van der Waals surface area contributed by atoms with E-state index in [4.69, 9.17) is 5.26 Å². The third-order valence-electron chi connectivity index (χ3n) is 3.06. The summed E-state index contributed by atoms with van der Waals surface area (Å²) in [5, 5.41) is 11.2. The molecule has 4 heteroatoms. The summed E-state index contributed by atoms with van der Waals surface area (Å²) in [4.78, 5) is 13.6. The van der Waals surface area contributed by atoms with Gasteiger partial charge in [-0.15, -0.1) is 0 Å². The summed E-state index contributed by atoms with van der Waals surface area (Å²) in [7, 11) is 2.15. The highest BCUT2D eigenvalue weighted by molar-refractivity contribution is 5.75. The second kappa shape index (κ2) is 7.24. The van der Waals surface area contributed by atoms with Crippen molar-refractivity contribution in [1.82, 2.24) is 10.2 Å². The maximum absolute atomic E-state index is 11.2. The van der Waals surface area contributed by atoms with Crippen LogP contribution in [-0.2, 0) is 4.79 Å². The number of hydrogen-bond acceptors (Lipinski definition) is 3. The van der Waals surface area contributed by atoms with Crippen molar-refractivity contribution >= 4 is 5.91 Å². The maximum Gasteiger partial charge on any atom is 0.221 e. The van der Waals surface area contributed by atoms with Gasteiger partial charge in [-0.3, -0.25) is 4.79 Å². The number of piperidine rings is 1. The SMILES string of the molecule is CN1CCCC(CCNC(=O)CCC#N)C1. The van der Waals surface area contributed by atoms with Crippen molar-refractivity contribution in [1.29, 1.82) is 5.26 Å². The molecule has 1 saturated heterocycles. The zero-order valence-electron chi connectivity index (χ0n) is 10.0. The first-order chi connectivity index (χ1) is 7.72. The number of carbonyl (C=O) groups excluding carboxylic acids is 1. The van der Waals surface area contributed by atoms with E-state index in [1.165, 1.54) is 19.4 Å². The number of nitriles is 1. The molecule has 1 atom stereocenters. The van der Waals surface area contributed by atoms with Crippen LogP contribution in [0.5, 0.6) is 0 Å². The Balaban J connectivity index is 2.06. The summed E-state index contributed by atoms with van der Waals surface area (Å²) in [6.45, 7) is 3.10. The average molecular weight is 223 g/mol. The second-order valence-electron chi connectivity index (χ2n) is 4.57. The molecule has 1 fully saturated rings. The molecule has 1 N–H and O–H groups in total. The number of nitrogens with one attached hydrogen (secondary N) is 1. The minimum absolute atomic E-state index is 0.00529. The molecular formula is C12H21N3O. The van der Waals surface area contributed by atoms with Gasteiger partial charge in [-0.05, 0) is 38.8 Å². The summed E-state index contributed by atoms with van der Waals surface area (Å²) >= 11 is 0. The van der Waals surface area contributed by atoms with Crippen LogP contribution < -0.4 is 5.32 Å². The van der Waals surface area contributed by atoms with Crippen LogP contribution in [-0.4, -0.2) is 37.5 Å². The van der Waals surface area contributed by atoms with E-state index in [0.29, 0.717) is 12.8 Å². The molecule has 16 heavy (non-hydrogen) atoms. The molecule has 0 saturated carbocycles. The van der Waals surface area contributed by atoms with Gasteiger partial charge in [-0.1, -0.05) is 0 Å². The molecule has 0 aromatic carbocycles. The van der Waals surface area contributed by atoms with Crippen molar-refractivity contribution in [2.45, 2.75) is 32.1 Å². The topological polar surface area (TPSA) is 56.1 Å². The van der Waals surface area contributed by atoms with Gasteiger partial charge in [0.15, 0.2) is 0 Å². The molecular weight excluding hydrogens is 202 g/mol. The Kier molecular flexibility index (Phi) is 5.87. The van der Waals surface area contributed by atoms with Crippen LogP contribution in [0.2, 0.25) is 0 Å². The minimum atomic E-state index is 0.00529. The summed E-state index contributed by atoms with van der Waals surface area (Å²) < 4.78 is 0. The molecule has 1 rings (SSSR count). The third kappa shape index (κ3) is 5.13. The van der Waals surface area contributed by atoms with E-state index < -0.39 is 0 Å². The molecule has 1 aliphatic rings. The molecule has 4 nitrogen and oxygen atoms in total. The molecule has 90 valence electrons. The van der Waals surface area contributed by atoms with Crippen LogP contribution in [0, 0.1) is 17.2 Å². The Hall–Kier alpha value is -1.08. The van der Waals surface area contributed by atoms with E-state index in [2.05, 4.69) is 17.3 Å². The molecule has 0 aromatic rings. The molecule has 0 radical (unpaired) electrons. The van der Waals surface area contributed by atoms with Gasteiger partial charge < -0.3 is 10.2 Å². The van der Waals surface area contributed by atoms with Gasteiger partial charge in [0, 0.05) is 25.9 Å². The minimum Gasteiger partial charge on any atom is -0.356 e. The molecule has 0 spiro atoms. The average Bonchev–Trinajstić information content (AvgIpc) is 2.26. The van der Waals surface area contributed by atoms with E-state index in [1.807, 2.05) is 6.07 Å². The largest absolute Gasteiger partial charge is 0.356 e. The van der Waals surface area contributed by atoms with Crippen molar-refractivity contribution in [2.75, 3.05) is 26.7 Å². The van der Waals surface area contributed by atoms with Crippen LogP contribution in [0.3, 0.4) is 0 Å². The Bertz CT molecular complexity index is 259. The van der Waals surface area contributed by atoms with Crippen LogP contribution in [0.4, 0.5) is 0 Å². The number of carbonyl (C=O) groups is 1. The Morgan fingerprint density at radius 2 is 2.44 bits per heavy atom. The molecule has 0 bridgehead atoms. The Morgan fingerprint density at radius 1 is 1.62 bits per heavy atom. The zero-order valence-corrected chi connectivity index (χ0v) is 10.0. The van der Waals surface area contributed by atoms with Gasteiger partial charge in [0.25, 0.3) is 0 Å². The smallest absolute Gasteiger partial charge is 0.221 e. The first-order valence-electron chi connectivity index (χ1n) is 6.04. The molecule has 0 aliphatic carbocycles. The maximum atomic E-state index is 11.2. The molecule has 1 amide bonds. The third-order valence-corrected chi connectivity index (χ3v) is 3.06. The number of amides is 1. The lowest BCUT2D eigenvalue weighted by molar-refractivity contribution is -0.121. The molecule has 1 aliphatic heterocycles. The predicted molar refractivity (Wildman–Crippen MR) is 62.7 cm³/mol. The van der Waals surface area contributed by atoms with Crippen molar-refractivity contribution in [3.8, 4) is 6.07 Å². The fourth-order valence-electron chi connectivity index (χ4n) is 2.18. The zero-order chi connectivity index (χ0) is 11.8. The van der Waals surface area contributed by atoms with E-state index in [-0.39, 0.29) is 5.91 Å². The van der Waals surface area contributed by atoms with Crippen LogP contribution in [0.15, 0.2) is 0 Å². The van der Waals surface area contributed by atoms with E-state index in [9.17, 15) is 4.79 Å². The van der Waals surface area contributed by atoms with Crippen LogP contribution >= 0.6 is 0 Å². The normalized spacial score (nSPS) is 21.4. The van der Waals surface area contributed by atoms with Gasteiger partial charge in [-0.25, -0.2) is 0 Å². The van der Waals surface area contributed by atoms with Gasteiger partial charge in [0.1, 0.15) is 0 Å². The quantitative estimate of drug-likeness (QED) is 0.760. The standard InChI is InChI=1S/C12H21N3O/c1-15-9-3-4-11(10-15)6-8-14-12(16)5-2-7-13/h11H,2-6,8-10H2,1H3,(H,14,16). The van der Waals surface area contributed by atoms with Gasteiger partial charge >= 0.3 is 0 Å². The van der Waals surface area contributed by atoms with Crippen molar-refractivity contribution in [3.05, 3.63) is 0 Å². The number of rotatable bonds is 5. The molecule has 1 heterocycles. The van der Waals surface area contributed by atoms with Gasteiger partial charge in [0.05, 0.1) is 6.07 Å². The monoisotopic (exact) mass is 223 g/mol. The lowest BCUT2D eigenvalue weighted by Crippen LogP contribution is -2.34. The van der Waals surface area contributed by atoms with Crippen molar-refractivity contribution in [2.24, 2.45) is 5.92 Å². The predicted octanol–water partition coefficient (Wildman–Crippen LogP) is 1.14. The lowest BCUT2D eigenvalue weighted by Gasteiger charge is -2.29. The van der Waals surface area contributed by atoms with Gasteiger partial charge in [0.2, 0.25) is 5.91 Å².